The highest BCUT2D eigenvalue weighted by molar-refractivity contribution is 5.83. The van der Waals surface area contributed by atoms with Crippen LogP contribution in [0.15, 0.2) is 43.0 Å². The number of benzene rings is 1. The Labute approximate surface area is 143 Å². The van der Waals surface area contributed by atoms with E-state index in [-0.39, 0.29) is 17.4 Å². The molecule has 0 aliphatic heterocycles. The van der Waals surface area contributed by atoms with Gasteiger partial charge in [-0.2, -0.15) is 0 Å². The normalized spacial score (nSPS) is 16.8. The van der Waals surface area contributed by atoms with Gasteiger partial charge >= 0.3 is 0 Å². The smallest absolute Gasteiger partial charge is 0.241 e. The zero-order valence-corrected chi connectivity index (χ0v) is 14.7. The van der Waals surface area contributed by atoms with E-state index in [0.717, 1.165) is 31.5 Å². The van der Waals surface area contributed by atoms with E-state index in [1.54, 1.807) is 6.20 Å². The molecule has 5 nitrogen and oxygen atoms in total. The van der Waals surface area contributed by atoms with Crippen molar-refractivity contribution in [3.63, 3.8) is 0 Å². The lowest BCUT2D eigenvalue weighted by atomic mass is 10.0. The molecular weight excluding hydrogens is 300 g/mol. The maximum absolute atomic E-state index is 12.8. The zero-order chi connectivity index (χ0) is 17.2. The number of carbonyl (C=O) groups is 1. The van der Waals surface area contributed by atoms with Gasteiger partial charge in [-0.3, -0.25) is 9.69 Å². The Morgan fingerprint density at radius 3 is 2.79 bits per heavy atom. The summed E-state index contributed by atoms with van der Waals surface area (Å²) in [6, 6.07) is 7.92. The fourth-order valence-corrected chi connectivity index (χ4v) is 3.23. The van der Waals surface area contributed by atoms with Crippen molar-refractivity contribution in [2.75, 3.05) is 20.6 Å². The van der Waals surface area contributed by atoms with Crippen LogP contribution in [0.3, 0.4) is 0 Å². The summed E-state index contributed by atoms with van der Waals surface area (Å²) >= 11 is 0. The largest absolute Gasteiger partial charge is 0.354 e. The molecule has 1 unspecified atom stereocenters. The number of nitrogens with one attached hydrogen (secondary N) is 1. The fourth-order valence-electron chi connectivity index (χ4n) is 3.23. The van der Waals surface area contributed by atoms with E-state index in [1.165, 1.54) is 5.56 Å². The molecule has 1 atom stereocenters. The number of nitrogens with zero attached hydrogens (tertiary/aromatic N) is 3. The minimum atomic E-state index is -0.256. The molecule has 1 N–H and O–H groups in total. The highest BCUT2D eigenvalue weighted by Crippen LogP contribution is 2.46. The SMILES string of the molecule is Cc1cccc(C(C(=O)NCC2(Cn3ccnc3)CC2)N(C)C)c1. The number of amides is 1. The first kappa shape index (κ1) is 16.7. The molecule has 2 aromatic rings. The number of aromatic nitrogens is 2. The number of carbonyl (C=O) groups excluding carboxylic acids is 1. The van der Waals surface area contributed by atoms with Crippen molar-refractivity contribution in [3.05, 3.63) is 54.1 Å². The lowest BCUT2D eigenvalue weighted by molar-refractivity contribution is -0.126. The minimum Gasteiger partial charge on any atom is -0.354 e. The van der Waals surface area contributed by atoms with Gasteiger partial charge in [0, 0.05) is 30.9 Å². The van der Waals surface area contributed by atoms with Crippen LogP contribution in [0.5, 0.6) is 0 Å². The van der Waals surface area contributed by atoms with Crippen LogP contribution in [0.25, 0.3) is 0 Å². The van der Waals surface area contributed by atoms with Gasteiger partial charge in [0.25, 0.3) is 0 Å². The predicted molar refractivity (Wildman–Crippen MR) is 94.5 cm³/mol. The van der Waals surface area contributed by atoms with Gasteiger partial charge in [-0.05, 0) is 39.4 Å². The number of imidazole rings is 1. The molecule has 3 rings (SSSR count). The third-order valence-electron chi connectivity index (χ3n) is 4.79. The molecule has 1 amide bonds. The molecule has 1 saturated carbocycles. The topological polar surface area (TPSA) is 50.2 Å². The summed E-state index contributed by atoms with van der Waals surface area (Å²) in [5.41, 5.74) is 2.41. The van der Waals surface area contributed by atoms with Crippen LogP contribution in [0.1, 0.15) is 30.0 Å². The number of hydrogen-bond acceptors (Lipinski definition) is 3. The Kier molecular flexibility index (Phi) is 4.71. The molecule has 1 fully saturated rings. The number of rotatable bonds is 7. The lowest BCUT2D eigenvalue weighted by Crippen LogP contribution is -2.40. The highest BCUT2D eigenvalue weighted by Gasteiger charge is 2.43. The second-order valence-electron chi connectivity index (χ2n) is 7.23. The molecule has 0 bridgehead atoms. The van der Waals surface area contributed by atoms with E-state index in [0.29, 0.717) is 0 Å². The maximum Gasteiger partial charge on any atom is 0.241 e. The molecule has 5 heteroatoms. The highest BCUT2D eigenvalue weighted by atomic mass is 16.2. The van der Waals surface area contributed by atoms with Crippen molar-refractivity contribution in [2.24, 2.45) is 5.41 Å². The van der Waals surface area contributed by atoms with Crippen molar-refractivity contribution in [1.82, 2.24) is 19.8 Å². The van der Waals surface area contributed by atoms with Crippen LogP contribution in [0.2, 0.25) is 0 Å². The summed E-state index contributed by atoms with van der Waals surface area (Å²) in [7, 11) is 3.90. The van der Waals surface area contributed by atoms with Gasteiger partial charge in [-0.25, -0.2) is 4.98 Å². The number of aryl methyl sites for hydroxylation is 1. The minimum absolute atomic E-state index is 0.0718. The van der Waals surface area contributed by atoms with Crippen molar-refractivity contribution >= 4 is 5.91 Å². The van der Waals surface area contributed by atoms with Gasteiger partial charge in [0.05, 0.1) is 6.33 Å². The summed E-state index contributed by atoms with van der Waals surface area (Å²) < 4.78 is 2.10. The van der Waals surface area contributed by atoms with E-state index in [2.05, 4.69) is 33.9 Å². The molecule has 0 saturated heterocycles. The second kappa shape index (κ2) is 6.77. The quantitative estimate of drug-likeness (QED) is 0.850. The van der Waals surface area contributed by atoms with Crippen LogP contribution in [-0.2, 0) is 11.3 Å². The summed E-state index contributed by atoms with van der Waals surface area (Å²) in [5, 5.41) is 3.18. The van der Waals surface area contributed by atoms with E-state index in [4.69, 9.17) is 0 Å². The average Bonchev–Trinajstić information content (AvgIpc) is 3.09. The van der Waals surface area contributed by atoms with Crippen LogP contribution in [0.4, 0.5) is 0 Å². The summed E-state index contributed by atoms with van der Waals surface area (Å²) in [6.45, 7) is 3.70. The van der Waals surface area contributed by atoms with E-state index in [1.807, 2.05) is 43.7 Å². The molecule has 1 aromatic carbocycles. The molecule has 1 heterocycles. The second-order valence-corrected chi connectivity index (χ2v) is 7.23. The first-order valence-electron chi connectivity index (χ1n) is 8.46. The van der Waals surface area contributed by atoms with Crippen molar-refractivity contribution in [1.29, 1.82) is 0 Å². The summed E-state index contributed by atoms with van der Waals surface area (Å²) in [5.74, 6) is 0.0718. The van der Waals surface area contributed by atoms with Gasteiger partial charge < -0.3 is 9.88 Å². The zero-order valence-electron chi connectivity index (χ0n) is 14.7. The van der Waals surface area contributed by atoms with Crippen LogP contribution >= 0.6 is 0 Å². The van der Waals surface area contributed by atoms with Crippen LogP contribution < -0.4 is 5.32 Å². The van der Waals surface area contributed by atoms with Crippen molar-refractivity contribution < 1.29 is 4.79 Å². The molecule has 1 aromatic heterocycles. The van der Waals surface area contributed by atoms with Crippen LogP contribution in [0, 0.1) is 12.3 Å². The number of likely N-dealkylation sites (N-methyl/N-ethyl adjacent to an activating group) is 1. The molecule has 128 valence electrons. The first-order valence-corrected chi connectivity index (χ1v) is 8.46. The number of hydrogen-bond donors (Lipinski definition) is 1. The Morgan fingerprint density at radius 2 is 2.21 bits per heavy atom. The van der Waals surface area contributed by atoms with Crippen molar-refractivity contribution in [3.8, 4) is 0 Å². The van der Waals surface area contributed by atoms with Gasteiger partial charge in [-0.15, -0.1) is 0 Å². The van der Waals surface area contributed by atoms with E-state index < -0.39 is 0 Å². The van der Waals surface area contributed by atoms with Gasteiger partial charge in [0.2, 0.25) is 5.91 Å². The monoisotopic (exact) mass is 326 g/mol. The van der Waals surface area contributed by atoms with Crippen molar-refractivity contribution in [2.45, 2.75) is 32.4 Å². The van der Waals surface area contributed by atoms with Crippen LogP contribution in [-0.4, -0.2) is 41.0 Å². The Bertz CT molecular complexity index is 689. The molecule has 0 radical (unpaired) electrons. The molecular formula is C19H26N4O. The Hall–Kier alpha value is -2.14. The fraction of sp³-hybridized carbons (Fsp3) is 0.474. The summed E-state index contributed by atoms with van der Waals surface area (Å²) in [6.07, 6.45) is 7.94. The Morgan fingerprint density at radius 1 is 1.42 bits per heavy atom. The third-order valence-corrected chi connectivity index (χ3v) is 4.79. The van der Waals surface area contributed by atoms with Gasteiger partial charge in [0.15, 0.2) is 0 Å². The molecule has 24 heavy (non-hydrogen) atoms. The van der Waals surface area contributed by atoms with Gasteiger partial charge in [-0.1, -0.05) is 29.8 Å². The maximum atomic E-state index is 12.8. The van der Waals surface area contributed by atoms with Gasteiger partial charge in [0.1, 0.15) is 6.04 Å². The predicted octanol–water partition coefficient (Wildman–Crippen LogP) is 2.39. The lowest BCUT2D eigenvalue weighted by Gasteiger charge is -2.25. The summed E-state index contributed by atoms with van der Waals surface area (Å²) in [4.78, 5) is 18.9. The van der Waals surface area contributed by atoms with E-state index >= 15 is 0 Å². The molecule has 0 spiro atoms. The molecule has 1 aliphatic rings. The van der Waals surface area contributed by atoms with E-state index in [9.17, 15) is 4.79 Å². The third kappa shape index (κ3) is 3.85. The Balaban J connectivity index is 1.64. The standard InChI is InChI=1S/C19H26N4O/c1-15-5-4-6-16(11-15)17(22(2)3)18(24)21-12-19(7-8-19)13-23-10-9-20-14-23/h4-6,9-11,14,17H,7-8,12-13H2,1-3H3,(H,21,24). The average molecular weight is 326 g/mol. The first-order chi connectivity index (χ1) is 11.5. The molecule has 1 aliphatic carbocycles.